The van der Waals surface area contributed by atoms with Crippen LogP contribution in [0.4, 0.5) is 0 Å². The van der Waals surface area contributed by atoms with Gasteiger partial charge in [0.1, 0.15) is 5.84 Å². The zero-order valence-corrected chi connectivity index (χ0v) is 8.80. The number of amidine groups is 1. The number of rotatable bonds is 4. The van der Waals surface area contributed by atoms with Crippen LogP contribution in [0.5, 0.6) is 0 Å². The molecule has 0 heterocycles. The Bertz CT molecular complexity index is 345. The lowest BCUT2D eigenvalue weighted by Crippen LogP contribution is -2.10. The predicted molar refractivity (Wildman–Crippen MR) is 65.0 cm³/mol. The normalized spacial score (nSPS) is 10.6. The molecule has 0 aliphatic rings. The van der Waals surface area contributed by atoms with Gasteiger partial charge in [-0.15, -0.1) is 0 Å². The largest absolute Gasteiger partial charge is 0.384 e. The number of hydrogen-bond donors (Lipinski definition) is 3. The molecule has 0 saturated carbocycles. The molecule has 14 heavy (non-hydrogen) atoms. The molecular formula is C11H14N2S. The van der Waals surface area contributed by atoms with Crippen molar-refractivity contribution in [1.29, 1.82) is 5.41 Å². The summed E-state index contributed by atoms with van der Waals surface area (Å²) in [4.78, 5) is 0. The summed E-state index contributed by atoms with van der Waals surface area (Å²) in [5.41, 5.74) is 7.22. The van der Waals surface area contributed by atoms with Crippen molar-refractivity contribution in [3.05, 3.63) is 41.5 Å². The van der Waals surface area contributed by atoms with Crippen molar-refractivity contribution in [2.75, 3.05) is 5.75 Å². The molecule has 1 aromatic rings. The van der Waals surface area contributed by atoms with Gasteiger partial charge >= 0.3 is 0 Å². The number of allylic oxidation sites excluding steroid dienone is 1. The number of nitrogens with one attached hydrogen (secondary N) is 1. The van der Waals surface area contributed by atoms with Crippen molar-refractivity contribution < 1.29 is 0 Å². The van der Waals surface area contributed by atoms with Crippen LogP contribution in [0.2, 0.25) is 0 Å². The Balaban J connectivity index is 2.78. The Morgan fingerprint density at radius 1 is 1.50 bits per heavy atom. The van der Waals surface area contributed by atoms with E-state index in [-0.39, 0.29) is 5.84 Å². The van der Waals surface area contributed by atoms with Crippen LogP contribution in [0.3, 0.4) is 0 Å². The number of nitrogen functional groups attached to an aromatic ring is 1. The van der Waals surface area contributed by atoms with Crippen molar-refractivity contribution in [1.82, 2.24) is 0 Å². The molecule has 74 valence electrons. The van der Waals surface area contributed by atoms with Crippen LogP contribution in [0, 0.1) is 5.41 Å². The number of nitrogens with two attached hydrogens (primary N) is 1. The molecule has 0 aliphatic carbocycles. The SMILES string of the molecule is N=C(N)c1cccc(C=CCCS)c1. The lowest BCUT2D eigenvalue weighted by atomic mass is 10.1. The fraction of sp³-hybridized carbons (Fsp3) is 0.182. The number of benzene rings is 1. The van der Waals surface area contributed by atoms with Crippen LogP contribution >= 0.6 is 12.6 Å². The van der Waals surface area contributed by atoms with Crippen LogP contribution in [0.15, 0.2) is 30.3 Å². The summed E-state index contributed by atoms with van der Waals surface area (Å²) < 4.78 is 0. The number of hydrogen-bond acceptors (Lipinski definition) is 2. The third kappa shape index (κ3) is 3.26. The second-order valence-corrected chi connectivity index (χ2v) is 3.40. The lowest BCUT2D eigenvalue weighted by Gasteiger charge is -1.99. The quantitative estimate of drug-likeness (QED) is 0.395. The Kier molecular flexibility index (Phi) is 4.26. The maximum Gasteiger partial charge on any atom is 0.122 e. The second kappa shape index (κ2) is 5.50. The molecule has 1 aromatic carbocycles. The van der Waals surface area contributed by atoms with Gasteiger partial charge in [0.15, 0.2) is 0 Å². The molecule has 1 rings (SSSR count). The van der Waals surface area contributed by atoms with Gasteiger partial charge < -0.3 is 5.73 Å². The fourth-order valence-corrected chi connectivity index (χ4v) is 1.25. The van der Waals surface area contributed by atoms with Crippen molar-refractivity contribution in [2.24, 2.45) is 5.73 Å². The highest BCUT2D eigenvalue weighted by atomic mass is 32.1. The standard InChI is InChI=1S/C11H14N2S/c12-11(13)10-6-3-5-9(8-10)4-1-2-7-14/h1,3-6,8,14H,2,7H2,(H3,12,13). The fourth-order valence-electron chi connectivity index (χ4n) is 1.10. The minimum atomic E-state index is 0.106. The molecular weight excluding hydrogens is 192 g/mol. The molecule has 0 amide bonds. The molecule has 0 saturated heterocycles. The molecule has 0 fully saturated rings. The zero-order chi connectivity index (χ0) is 10.4. The van der Waals surface area contributed by atoms with Crippen molar-refractivity contribution in [3.63, 3.8) is 0 Å². The number of thiol groups is 1. The first-order chi connectivity index (χ1) is 6.74. The van der Waals surface area contributed by atoms with E-state index < -0.39 is 0 Å². The van der Waals surface area contributed by atoms with Crippen LogP contribution < -0.4 is 5.73 Å². The highest BCUT2D eigenvalue weighted by molar-refractivity contribution is 7.80. The zero-order valence-electron chi connectivity index (χ0n) is 7.90. The highest BCUT2D eigenvalue weighted by Crippen LogP contribution is 2.07. The molecule has 0 aromatic heterocycles. The summed E-state index contributed by atoms with van der Waals surface area (Å²) in [6.07, 6.45) is 5.03. The van der Waals surface area contributed by atoms with E-state index in [4.69, 9.17) is 11.1 Å². The average Bonchev–Trinajstić information content (AvgIpc) is 2.19. The lowest BCUT2D eigenvalue weighted by molar-refractivity contribution is 1.26. The van der Waals surface area contributed by atoms with Gasteiger partial charge in [-0.05, 0) is 23.8 Å². The summed E-state index contributed by atoms with van der Waals surface area (Å²) in [6.45, 7) is 0. The second-order valence-electron chi connectivity index (χ2n) is 2.95. The van der Waals surface area contributed by atoms with E-state index in [1.807, 2.05) is 30.3 Å². The van der Waals surface area contributed by atoms with E-state index in [9.17, 15) is 0 Å². The first-order valence-electron chi connectivity index (χ1n) is 4.46. The van der Waals surface area contributed by atoms with E-state index in [1.165, 1.54) is 0 Å². The molecule has 3 N–H and O–H groups in total. The Hall–Kier alpha value is -1.22. The summed E-state index contributed by atoms with van der Waals surface area (Å²) in [5, 5.41) is 7.29. The average molecular weight is 206 g/mol. The molecule has 0 bridgehead atoms. The summed E-state index contributed by atoms with van der Waals surface area (Å²) >= 11 is 4.11. The predicted octanol–water partition coefficient (Wildman–Crippen LogP) is 2.30. The maximum atomic E-state index is 7.29. The summed E-state index contributed by atoms with van der Waals surface area (Å²) in [6, 6.07) is 7.62. The first-order valence-corrected chi connectivity index (χ1v) is 5.09. The van der Waals surface area contributed by atoms with Crippen LogP contribution in [0.25, 0.3) is 6.08 Å². The van der Waals surface area contributed by atoms with Gasteiger partial charge in [-0.2, -0.15) is 12.6 Å². The monoisotopic (exact) mass is 206 g/mol. The van der Waals surface area contributed by atoms with E-state index in [2.05, 4.69) is 18.7 Å². The third-order valence-corrected chi connectivity index (χ3v) is 2.06. The Morgan fingerprint density at radius 3 is 2.93 bits per heavy atom. The first kappa shape index (κ1) is 10.9. The minimum Gasteiger partial charge on any atom is -0.384 e. The van der Waals surface area contributed by atoms with E-state index in [1.54, 1.807) is 0 Å². The summed E-state index contributed by atoms with van der Waals surface area (Å²) in [7, 11) is 0. The Morgan fingerprint density at radius 2 is 2.29 bits per heavy atom. The molecule has 0 aliphatic heterocycles. The van der Waals surface area contributed by atoms with Crippen LogP contribution in [0.1, 0.15) is 17.5 Å². The highest BCUT2D eigenvalue weighted by Gasteiger charge is 1.95. The molecule has 0 unspecified atom stereocenters. The van der Waals surface area contributed by atoms with Gasteiger partial charge in [0.05, 0.1) is 0 Å². The molecule has 0 radical (unpaired) electrons. The van der Waals surface area contributed by atoms with E-state index in [0.717, 1.165) is 23.3 Å². The van der Waals surface area contributed by atoms with Crippen molar-refractivity contribution in [3.8, 4) is 0 Å². The van der Waals surface area contributed by atoms with Crippen molar-refractivity contribution >= 4 is 24.5 Å². The molecule has 0 spiro atoms. The summed E-state index contributed by atoms with van der Waals surface area (Å²) in [5.74, 6) is 0.956. The van der Waals surface area contributed by atoms with Gasteiger partial charge in [-0.3, -0.25) is 5.41 Å². The topological polar surface area (TPSA) is 49.9 Å². The van der Waals surface area contributed by atoms with E-state index >= 15 is 0 Å². The van der Waals surface area contributed by atoms with Crippen LogP contribution in [-0.4, -0.2) is 11.6 Å². The molecule has 3 heteroatoms. The maximum absolute atomic E-state index is 7.29. The van der Waals surface area contributed by atoms with Gasteiger partial charge in [-0.25, -0.2) is 0 Å². The van der Waals surface area contributed by atoms with Crippen molar-refractivity contribution in [2.45, 2.75) is 6.42 Å². The smallest absolute Gasteiger partial charge is 0.122 e. The van der Waals surface area contributed by atoms with Crippen LogP contribution in [-0.2, 0) is 0 Å². The van der Waals surface area contributed by atoms with Gasteiger partial charge in [-0.1, -0.05) is 30.4 Å². The molecule has 2 nitrogen and oxygen atoms in total. The van der Waals surface area contributed by atoms with Gasteiger partial charge in [0.2, 0.25) is 0 Å². The third-order valence-electron chi connectivity index (χ3n) is 1.80. The molecule has 0 atom stereocenters. The van der Waals surface area contributed by atoms with Gasteiger partial charge in [0, 0.05) is 5.56 Å². The van der Waals surface area contributed by atoms with Gasteiger partial charge in [0.25, 0.3) is 0 Å². The minimum absolute atomic E-state index is 0.106. The van der Waals surface area contributed by atoms with E-state index in [0.29, 0.717) is 0 Å². The Labute approximate surface area is 89.7 Å².